The highest BCUT2D eigenvalue weighted by molar-refractivity contribution is 5.86. The molecule has 6 atom stereocenters. The Morgan fingerprint density at radius 2 is 1.94 bits per heavy atom. The Labute approximate surface area is 194 Å². The molecule has 3 aliphatic rings. The average molecular weight is 450 g/mol. The topological polar surface area (TPSA) is 65.1 Å². The number of ether oxygens (including phenoxy) is 3. The van der Waals surface area contributed by atoms with E-state index in [1.54, 1.807) is 13.2 Å². The summed E-state index contributed by atoms with van der Waals surface area (Å²) < 4.78 is 16.6. The van der Waals surface area contributed by atoms with Gasteiger partial charge < -0.3 is 19.1 Å². The molecular formula is C26H43NO5. The molecule has 3 fully saturated rings. The lowest BCUT2D eigenvalue weighted by atomic mass is 9.42. The molecule has 3 rings (SSSR count). The highest BCUT2D eigenvalue weighted by atomic mass is 16.7. The number of esters is 1. The molecule has 0 aliphatic heterocycles. The molecule has 0 saturated heterocycles. The molecule has 6 nitrogen and oxygen atoms in total. The first-order valence-electron chi connectivity index (χ1n) is 12.2. The minimum atomic E-state index is -0.281. The van der Waals surface area contributed by atoms with Crippen LogP contribution in [0.2, 0.25) is 0 Å². The Morgan fingerprint density at radius 1 is 1.22 bits per heavy atom. The van der Waals surface area contributed by atoms with E-state index >= 15 is 0 Å². The van der Waals surface area contributed by atoms with Crippen molar-refractivity contribution in [3.63, 3.8) is 0 Å². The Bertz CT molecular complexity index is 730. The van der Waals surface area contributed by atoms with Crippen LogP contribution in [0.15, 0.2) is 11.6 Å². The van der Waals surface area contributed by atoms with Crippen LogP contribution in [0.4, 0.5) is 0 Å². The van der Waals surface area contributed by atoms with Crippen molar-refractivity contribution in [2.45, 2.75) is 65.9 Å². The number of fused-ring (bicyclic) bond motifs is 3. The van der Waals surface area contributed by atoms with Gasteiger partial charge in [0.05, 0.1) is 6.10 Å². The Morgan fingerprint density at radius 3 is 2.59 bits per heavy atom. The first kappa shape index (κ1) is 25.4. The number of carbonyl (C=O) groups is 2. The monoisotopic (exact) mass is 449 g/mol. The summed E-state index contributed by atoms with van der Waals surface area (Å²) in [6.45, 7) is 10.5. The number of methoxy groups -OCH3 is 1. The minimum absolute atomic E-state index is 0.00179. The third kappa shape index (κ3) is 4.83. The predicted octanol–water partition coefficient (Wildman–Crippen LogP) is 4.08. The van der Waals surface area contributed by atoms with Crippen molar-refractivity contribution in [2.75, 3.05) is 41.1 Å². The van der Waals surface area contributed by atoms with E-state index in [4.69, 9.17) is 14.2 Å². The fourth-order valence-electron chi connectivity index (χ4n) is 7.07. The van der Waals surface area contributed by atoms with Gasteiger partial charge in [-0.15, -0.1) is 0 Å². The van der Waals surface area contributed by atoms with Gasteiger partial charge in [-0.2, -0.15) is 0 Å². The number of likely N-dealkylation sites (N-methyl/N-ethyl adjacent to an activating group) is 1. The number of hydrogen-bond donors (Lipinski definition) is 0. The predicted molar refractivity (Wildman–Crippen MR) is 124 cm³/mol. The summed E-state index contributed by atoms with van der Waals surface area (Å²) in [5.74, 6) is 0.818. The van der Waals surface area contributed by atoms with Gasteiger partial charge in [0.2, 0.25) is 0 Å². The molecule has 0 aromatic rings. The third-order valence-corrected chi connectivity index (χ3v) is 8.87. The molecule has 0 bridgehead atoms. The van der Waals surface area contributed by atoms with Gasteiger partial charge in [-0.1, -0.05) is 33.3 Å². The number of carbonyl (C=O) groups excluding carboxylic acids is 2. The maximum absolute atomic E-state index is 13.5. The zero-order valence-corrected chi connectivity index (χ0v) is 21.1. The van der Waals surface area contributed by atoms with Gasteiger partial charge in [-0.25, -0.2) is 4.79 Å². The lowest BCUT2D eigenvalue weighted by Gasteiger charge is -2.62. The van der Waals surface area contributed by atoms with Gasteiger partial charge >= 0.3 is 5.97 Å². The second-order valence-corrected chi connectivity index (χ2v) is 11.3. The van der Waals surface area contributed by atoms with Crippen LogP contribution in [0.25, 0.3) is 0 Å². The quantitative estimate of drug-likeness (QED) is 0.331. The van der Waals surface area contributed by atoms with Crippen molar-refractivity contribution in [1.29, 1.82) is 0 Å². The average Bonchev–Trinajstić information content (AvgIpc) is 2.71. The van der Waals surface area contributed by atoms with Crippen molar-refractivity contribution in [3.05, 3.63) is 11.6 Å². The molecule has 0 aromatic heterocycles. The molecular weight excluding hydrogens is 406 g/mol. The number of nitrogens with zero attached hydrogens (tertiary/aromatic N) is 1. The fraction of sp³-hybridized carbons (Fsp3) is 0.846. The second kappa shape index (κ2) is 9.94. The van der Waals surface area contributed by atoms with Crippen molar-refractivity contribution < 1.29 is 23.8 Å². The van der Waals surface area contributed by atoms with E-state index in [0.29, 0.717) is 44.0 Å². The van der Waals surface area contributed by atoms with Crippen LogP contribution in [-0.2, 0) is 23.8 Å². The molecule has 182 valence electrons. The smallest absolute Gasteiger partial charge is 0.330 e. The number of allylic oxidation sites excluding steroid dienone is 1. The molecule has 0 amide bonds. The van der Waals surface area contributed by atoms with Crippen molar-refractivity contribution in [3.8, 4) is 0 Å². The van der Waals surface area contributed by atoms with Crippen molar-refractivity contribution in [1.82, 2.24) is 4.90 Å². The van der Waals surface area contributed by atoms with Gasteiger partial charge in [-0.05, 0) is 68.4 Å². The lowest BCUT2D eigenvalue weighted by Crippen LogP contribution is -2.60. The highest BCUT2D eigenvalue weighted by Gasteiger charge is 2.61. The molecule has 0 spiro atoms. The van der Waals surface area contributed by atoms with Crippen molar-refractivity contribution >= 4 is 11.8 Å². The van der Waals surface area contributed by atoms with Gasteiger partial charge in [-0.3, -0.25) is 4.79 Å². The van der Waals surface area contributed by atoms with Gasteiger partial charge in [0.15, 0.2) is 0 Å². The van der Waals surface area contributed by atoms with Crippen LogP contribution in [0.3, 0.4) is 0 Å². The summed E-state index contributed by atoms with van der Waals surface area (Å²) >= 11 is 0. The maximum Gasteiger partial charge on any atom is 0.330 e. The molecule has 0 heterocycles. The maximum atomic E-state index is 13.5. The summed E-state index contributed by atoms with van der Waals surface area (Å²) in [4.78, 5) is 27.8. The van der Waals surface area contributed by atoms with Crippen LogP contribution in [0, 0.1) is 34.5 Å². The van der Waals surface area contributed by atoms with E-state index in [-0.39, 0.29) is 34.7 Å². The van der Waals surface area contributed by atoms with E-state index in [1.807, 2.05) is 19.0 Å². The van der Waals surface area contributed by atoms with Gasteiger partial charge in [0, 0.05) is 32.1 Å². The zero-order chi connectivity index (χ0) is 23.7. The fourth-order valence-corrected chi connectivity index (χ4v) is 7.07. The molecule has 0 N–H and O–H groups in total. The van der Waals surface area contributed by atoms with Crippen LogP contribution in [0.5, 0.6) is 0 Å². The molecule has 32 heavy (non-hydrogen) atoms. The number of Topliss-reactive ketones (excluding diaryl/α,β-unsaturated/α-hetero) is 1. The normalized spacial score (nSPS) is 37.8. The first-order valence-corrected chi connectivity index (χ1v) is 12.2. The summed E-state index contributed by atoms with van der Waals surface area (Å²) in [6.07, 6.45) is 6.27. The summed E-state index contributed by atoms with van der Waals surface area (Å²) in [5.41, 5.74) is 1.11. The SMILES string of the molecule is COCO[C@H]1CC[C@]2(C)[C@H]3CC/C(=C\C(=O)OCCN(C)C)[C@H](C)[C@@H]3C(=O)C[C@H]2C1(C)C. The largest absolute Gasteiger partial charge is 0.461 e. The zero-order valence-electron chi connectivity index (χ0n) is 21.1. The molecule has 0 aromatic carbocycles. The highest BCUT2D eigenvalue weighted by Crippen LogP contribution is 2.64. The molecule has 0 unspecified atom stereocenters. The van der Waals surface area contributed by atoms with Crippen LogP contribution in [-0.4, -0.2) is 63.9 Å². The lowest BCUT2D eigenvalue weighted by molar-refractivity contribution is -0.198. The van der Waals surface area contributed by atoms with Crippen LogP contribution < -0.4 is 0 Å². The molecule has 0 radical (unpaired) electrons. The van der Waals surface area contributed by atoms with Gasteiger partial charge in [0.1, 0.15) is 19.2 Å². The minimum Gasteiger partial charge on any atom is -0.461 e. The molecule has 3 aliphatic carbocycles. The first-order chi connectivity index (χ1) is 15.0. The Kier molecular flexibility index (Phi) is 7.89. The van der Waals surface area contributed by atoms with Gasteiger partial charge in [0.25, 0.3) is 0 Å². The number of rotatable bonds is 7. The van der Waals surface area contributed by atoms with E-state index in [0.717, 1.165) is 31.3 Å². The Hall–Kier alpha value is -1.24. The van der Waals surface area contributed by atoms with E-state index in [1.165, 1.54) is 0 Å². The Balaban J connectivity index is 1.76. The number of ketones is 1. The summed E-state index contributed by atoms with van der Waals surface area (Å²) in [5, 5.41) is 0. The summed E-state index contributed by atoms with van der Waals surface area (Å²) in [7, 11) is 5.56. The standard InChI is InChI=1S/C26H43NO5/c1-17-18(14-23(29)31-13-12-27(5)6)8-9-19-24(17)20(28)15-21-25(2,3)22(32-16-30-7)10-11-26(19,21)4/h14,17,19,21-22,24H,8-13,15-16H2,1-7H3/b18-14+/t17-,19-,21-,22-,24-,26+/m0/s1. The third-order valence-electron chi connectivity index (χ3n) is 8.87. The van der Waals surface area contributed by atoms with E-state index in [9.17, 15) is 9.59 Å². The van der Waals surface area contributed by atoms with E-state index in [2.05, 4.69) is 27.7 Å². The summed E-state index contributed by atoms with van der Waals surface area (Å²) in [6, 6.07) is 0. The van der Waals surface area contributed by atoms with Crippen molar-refractivity contribution in [2.24, 2.45) is 34.5 Å². The number of hydrogen-bond acceptors (Lipinski definition) is 6. The molecule has 3 saturated carbocycles. The molecule has 6 heteroatoms. The van der Waals surface area contributed by atoms with Crippen LogP contribution in [0.1, 0.15) is 59.8 Å². The van der Waals surface area contributed by atoms with Crippen LogP contribution >= 0.6 is 0 Å². The second-order valence-electron chi connectivity index (χ2n) is 11.3. The van der Waals surface area contributed by atoms with E-state index < -0.39 is 0 Å².